The van der Waals surface area contributed by atoms with E-state index in [1.54, 1.807) is 0 Å². The molecule has 0 bridgehead atoms. The van der Waals surface area contributed by atoms with Gasteiger partial charge in [-0.3, -0.25) is 0 Å². The Morgan fingerprint density at radius 1 is 1.20 bits per heavy atom. The number of ether oxygens (including phenoxy) is 1. The van der Waals surface area contributed by atoms with Crippen LogP contribution in [0.25, 0.3) is 0 Å². The van der Waals surface area contributed by atoms with Crippen molar-refractivity contribution in [3.8, 4) is 0 Å². The molecule has 0 amide bonds. The second-order valence-electron chi connectivity index (χ2n) is 4.72. The van der Waals surface area contributed by atoms with Crippen molar-refractivity contribution in [1.29, 1.82) is 0 Å². The third kappa shape index (κ3) is 3.50. The highest BCUT2D eigenvalue weighted by atomic mass is 127. The Bertz CT molecular complexity index is 197. The summed E-state index contributed by atoms with van der Waals surface area (Å²) >= 11 is 0. The van der Waals surface area contributed by atoms with Crippen molar-refractivity contribution >= 4 is 0 Å². The molecule has 0 saturated carbocycles. The molecule has 1 aliphatic heterocycles. The van der Waals surface area contributed by atoms with Gasteiger partial charge >= 0.3 is 0 Å². The molecule has 1 fully saturated rings. The van der Waals surface area contributed by atoms with Gasteiger partial charge in [0.2, 0.25) is 0 Å². The number of aliphatic hydroxyl groups excluding tert-OH is 3. The molecule has 0 aromatic carbocycles. The van der Waals surface area contributed by atoms with Crippen LogP contribution < -0.4 is 24.0 Å². The molecule has 0 spiro atoms. The zero-order chi connectivity index (χ0) is 10.9. The van der Waals surface area contributed by atoms with Crippen molar-refractivity contribution in [2.24, 2.45) is 0 Å². The lowest BCUT2D eigenvalue weighted by Gasteiger charge is -2.43. The first-order valence-electron chi connectivity index (χ1n) is 4.77. The molecule has 4 atom stereocenters. The molecule has 3 N–H and O–H groups in total. The fraction of sp³-hybridized carbons (Fsp3) is 1.00. The SMILES string of the molecule is C[N+](C)(C)C1COC(CO)C(O)C1O.[I-]. The van der Waals surface area contributed by atoms with Gasteiger partial charge in [0.25, 0.3) is 0 Å². The minimum atomic E-state index is -1.00. The third-order valence-electron chi connectivity index (χ3n) is 2.78. The Morgan fingerprint density at radius 3 is 2.13 bits per heavy atom. The largest absolute Gasteiger partial charge is 1.00 e. The fourth-order valence-electron chi connectivity index (χ4n) is 1.71. The monoisotopic (exact) mass is 333 g/mol. The number of rotatable bonds is 2. The Balaban J connectivity index is 0.00000196. The summed E-state index contributed by atoms with van der Waals surface area (Å²) in [6.07, 6.45) is -2.51. The first-order valence-corrected chi connectivity index (χ1v) is 4.77. The van der Waals surface area contributed by atoms with Gasteiger partial charge < -0.3 is 48.5 Å². The molecule has 1 saturated heterocycles. The Hall–Kier alpha value is 0.530. The Kier molecular flexibility index (Phi) is 5.94. The molecule has 15 heavy (non-hydrogen) atoms. The zero-order valence-electron chi connectivity index (χ0n) is 9.30. The van der Waals surface area contributed by atoms with Gasteiger partial charge in [-0.15, -0.1) is 0 Å². The van der Waals surface area contributed by atoms with Crippen LogP contribution >= 0.6 is 0 Å². The number of aliphatic hydroxyl groups is 3. The molecule has 0 aromatic rings. The van der Waals surface area contributed by atoms with Gasteiger partial charge in [-0.1, -0.05) is 0 Å². The van der Waals surface area contributed by atoms with Gasteiger partial charge in [0, 0.05) is 0 Å². The number of quaternary nitrogens is 1. The topological polar surface area (TPSA) is 69.9 Å². The van der Waals surface area contributed by atoms with E-state index in [1.807, 2.05) is 21.1 Å². The summed E-state index contributed by atoms with van der Waals surface area (Å²) in [5.41, 5.74) is 0. The highest BCUT2D eigenvalue weighted by Crippen LogP contribution is 2.21. The smallest absolute Gasteiger partial charge is 0.141 e. The maximum Gasteiger partial charge on any atom is 0.141 e. The average molecular weight is 333 g/mol. The standard InChI is InChI=1S/C9H20NO4.HI/c1-10(2,3)6-5-14-7(4-11)9(13)8(6)12;/h6-9,11-13H,4-5H2,1-3H3;1H/q+1;/p-1. The van der Waals surface area contributed by atoms with Crippen molar-refractivity contribution in [1.82, 2.24) is 0 Å². The van der Waals surface area contributed by atoms with Crippen molar-refractivity contribution < 1.29 is 48.5 Å². The molecule has 0 aliphatic carbocycles. The average Bonchev–Trinajstić information content (AvgIpc) is 2.07. The van der Waals surface area contributed by atoms with Crippen molar-refractivity contribution in [2.75, 3.05) is 34.4 Å². The molecule has 4 unspecified atom stereocenters. The predicted octanol–water partition coefficient (Wildman–Crippen LogP) is -4.82. The van der Waals surface area contributed by atoms with Gasteiger partial charge in [-0.2, -0.15) is 0 Å². The first kappa shape index (κ1) is 15.5. The lowest BCUT2D eigenvalue weighted by molar-refractivity contribution is -0.902. The summed E-state index contributed by atoms with van der Waals surface area (Å²) in [6, 6.07) is -0.159. The van der Waals surface area contributed by atoms with E-state index in [4.69, 9.17) is 9.84 Å². The molecule has 0 radical (unpaired) electrons. The minimum absolute atomic E-state index is 0. The second kappa shape index (κ2) is 5.74. The Labute approximate surface area is 107 Å². The summed E-state index contributed by atoms with van der Waals surface area (Å²) in [7, 11) is 5.80. The van der Waals surface area contributed by atoms with E-state index in [1.165, 1.54) is 0 Å². The molecule has 1 heterocycles. The second-order valence-corrected chi connectivity index (χ2v) is 4.72. The quantitative estimate of drug-likeness (QED) is 0.350. The van der Waals surface area contributed by atoms with E-state index in [2.05, 4.69) is 0 Å². The fourth-order valence-corrected chi connectivity index (χ4v) is 1.71. The number of likely N-dealkylation sites (N-methyl/N-ethyl adjacent to an activating group) is 1. The molecule has 5 nitrogen and oxygen atoms in total. The highest BCUT2D eigenvalue weighted by Gasteiger charge is 2.44. The van der Waals surface area contributed by atoms with Gasteiger partial charge in [0.05, 0.1) is 27.7 Å². The number of hydrogen-bond donors (Lipinski definition) is 3. The van der Waals surface area contributed by atoms with Gasteiger partial charge in [-0.05, 0) is 0 Å². The maximum absolute atomic E-state index is 9.82. The van der Waals surface area contributed by atoms with Gasteiger partial charge in [0.15, 0.2) is 0 Å². The van der Waals surface area contributed by atoms with Crippen LogP contribution in [0.4, 0.5) is 0 Å². The normalized spacial score (nSPS) is 37.2. The summed E-state index contributed by atoms with van der Waals surface area (Å²) < 4.78 is 5.80. The molecule has 1 rings (SSSR count). The molecule has 6 heteroatoms. The van der Waals surface area contributed by atoms with E-state index in [-0.39, 0.29) is 36.6 Å². The summed E-state index contributed by atoms with van der Waals surface area (Å²) in [4.78, 5) is 0. The molecule has 1 aliphatic rings. The molecule has 0 aromatic heterocycles. The van der Waals surface area contributed by atoms with Crippen LogP contribution in [0.2, 0.25) is 0 Å². The molecule has 92 valence electrons. The van der Waals surface area contributed by atoms with Crippen LogP contribution in [-0.2, 0) is 4.74 Å². The summed E-state index contributed by atoms with van der Waals surface area (Å²) in [6.45, 7) is 0.0923. The van der Waals surface area contributed by atoms with Gasteiger partial charge in [-0.25, -0.2) is 0 Å². The van der Waals surface area contributed by atoms with Gasteiger partial charge in [0.1, 0.15) is 31.0 Å². The maximum atomic E-state index is 9.82. The van der Waals surface area contributed by atoms with E-state index in [0.29, 0.717) is 11.1 Å². The minimum Gasteiger partial charge on any atom is -1.00 e. The Morgan fingerprint density at radius 2 is 1.73 bits per heavy atom. The lowest BCUT2D eigenvalue weighted by Crippen LogP contribution is -3.00. The molecular formula is C9H20INO4. The lowest BCUT2D eigenvalue weighted by atomic mass is 9.96. The van der Waals surface area contributed by atoms with Crippen LogP contribution in [0.15, 0.2) is 0 Å². The number of nitrogens with zero attached hydrogens (tertiary/aromatic N) is 1. The van der Waals surface area contributed by atoms with Crippen LogP contribution in [0, 0.1) is 0 Å². The van der Waals surface area contributed by atoms with E-state index >= 15 is 0 Å². The van der Waals surface area contributed by atoms with Crippen molar-refractivity contribution in [3.05, 3.63) is 0 Å². The first-order chi connectivity index (χ1) is 6.38. The molecular weight excluding hydrogens is 313 g/mol. The van der Waals surface area contributed by atoms with Crippen LogP contribution in [0.3, 0.4) is 0 Å². The predicted molar refractivity (Wildman–Crippen MR) is 50.7 cm³/mol. The van der Waals surface area contributed by atoms with E-state index < -0.39 is 18.3 Å². The number of hydrogen-bond acceptors (Lipinski definition) is 4. The third-order valence-corrected chi connectivity index (χ3v) is 2.78. The zero-order valence-corrected chi connectivity index (χ0v) is 11.5. The van der Waals surface area contributed by atoms with Crippen LogP contribution in [-0.4, -0.2) is 78.5 Å². The summed E-state index contributed by atoms with van der Waals surface area (Å²) in [5.74, 6) is 0. The van der Waals surface area contributed by atoms with E-state index in [0.717, 1.165) is 0 Å². The van der Waals surface area contributed by atoms with Crippen molar-refractivity contribution in [2.45, 2.75) is 24.4 Å². The van der Waals surface area contributed by atoms with Crippen LogP contribution in [0.1, 0.15) is 0 Å². The number of halogens is 1. The summed E-state index contributed by atoms with van der Waals surface area (Å²) in [5, 5.41) is 28.3. The van der Waals surface area contributed by atoms with Crippen molar-refractivity contribution in [3.63, 3.8) is 0 Å². The van der Waals surface area contributed by atoms with Crippen LogP contribution in [0.5, 0.6) is 0 Å². The highest BCUT2D eigenvalue weighted by molar-refractivity contribution is 4.87. The van der Waals surface area contributed by atoms with E-state index in [9.17, 15) is 10.2 Å².